The molecular formula is C17H25N3O3. The molecule has 0 aromatic heterocycles. The normalized spacial score (nSPS) is 20.8. The highest BCUT2D eigenvalue weighted by molar-refractivity contribution is 5.93. The van der Waals surface area contributed by atoms with E-state index in [0.29, 0.717) is 5.56 Å². The third-order valence-electron chi connectivity index (χ3n) is 3.67. The summed E-state index contributed by atoms with van der Waals surface area (Å²) in [6.07, 6.45) is 2.28. The zero-order valence-corrected chi connectivity index (χ0v) is 13.9. The van der Waals surface area contributed by atoms with Crippen molar-refractivity contribution in [2.45, 2.75) is 57.7 Å². The molecule has 1 saturated carbocycles. The summed E-state index contributed by atoms with van der Waals surface area (Å²) in [5, 5.41) is 6.29. The number of alkyl carbamates (subject to hydrolysis) is 1. The lowest BCUT2D eigenvalue weighted by Crippen LogP contribution is -2.38. The van der Waals surface area contributed by atoms with Crippen LogP contribution in [0.5, 0.6) is 0 Å². The Morgan fingerprint density at radius 2 is 1.91 bits per heavy atom. The number of hydrogen-bond acceptors (Lipinski definition) is 4. The molecule has 1 fully saturated rings. The van der Waals surface area contributed by atoms with E-state index in [-0.39, 0.29) is 18.2 Å². The largest absolute Gasteiger partial charge is 0.444 e. The van der Waals surface area contributed by atoms with Gasteiger partial charge in [0.2, 0.25) is 5.91 Å². The Hall–Kier alpha value is -2.24. The van der Waals surface area contributed by atoms with E-state index in [4.69, 9.17) is 10.5 Å². The molecule has 2 amide bonds. The molecule has 2 rings (SSSR count). The van der Waals surface area contributed by atoms with Crippen molar-refractivity contribution in [1.82, 2.24) is 5.32 Å². The minimum Gasteiger partial charge on any atom is -0.444 e. The van der Waals surface area contributed by atoms with Crippen LogP contribution < -0.4 is 16.4 Å². The first-order valence-electron chi connectivity index (χ1n) is 7.89. The zero-order valence-electron chi connectivity index (χ0n) is 13.9. The van der Waals surface area contributed by atoms with E-state index in [9.17, 15) is 9.59 Å². The van der Waals surface area contributed by atoms with Crippen LogP contribution in [0.25, 0.3) is 0 Å². The number of carbonyl (C=O) groups excluding carboxylic acids is 2. The Balaban J connectivity index is 1.85. The number of carbonyl (C=O) groups is 2. The van der Waals surface area contributed by atoms with Gasteiger partial charge in [-0.05, 0) is 58.2 Å². The molecule has 1 aliphatic carbocycles. The number of rotatable bonds is 4. The second-order valence-corrected chi connectivity index (χ2v) is 6.94. The molecule has 4 N–H and O–H groups in total. The van der Waals surface area contributed by atoms with Gasteiger partial charge in [-0.1, -0.05) is 6.07 Å². The molecule has 6 nitrogen and oxygen atoms in total. The number of ether oxygens (including phenoxy) is 1. The van der Waals surface area contributed by atoms with Crippen molar-refractivity contribution in [1.29, 1.82) is 0 Å². The van der Waals surface area contributed by atoms with E-state index >= 15 is 0 Å². The summed E-state index contributed by atoms with van der Waals surface area (Å²) in [5.41, 5.74) is 6.15. The van der Waals surface area contributed by atoms with Crippen LogP contribution in [0.2, 0.25) is 0 Å². The molecule has 6 heteroatoms. The summed E-state index contributed by atoms with van der Waals surface area (Å²) in [5.74, 6) is -0.440. The van der Waals surface area contributed by atoms with Crippen LogP contribution in [0, 0.1) is 0 Å². The summed E-state index contributed by atoms with van der Waals surface area (Å²) in [6.45, 7) is 5.53. The fourth-order valence-corrected chi connectivity index (χ4v) is 2.72. The molecule has 0 radical (unpaired) electrons. The Labute approximate surface area is 136 Å². The van der Waals surface area contributed by atoms with E-state index in [2.05, 4.69) is 10.6 Å². The maximum atomic E-state index is 11.8. The van der Waals surface area contributed by atoms with Crippen LogP contribution in [-0.4, -0.2) is 29.7 Å². The lowest BCUT2D eigenvalue weighted by atomic mass is 10.1. The molecule has 0 heterocycles. The van der Waals surface area contributed by atoms with E-state index in [1.807, 2.05) is 26.8 Å². The number of benzene rings is 1. The second-order valence-electron chi connectivity index (χ2n) is 6.94. The highest BCUT2D eigenvalue weighted by Gasteiger charge is 2.27. The van der Waals surface area contributed by atoms with Crippen molar-refractivity contribution in [2.24, 2.45) is 5.73 Å². The van der Waals surface area contributed by atoms with E-state index < -0.39 is 11.5 Å². The number of amides is 2. The quantitative estimate of drug-likeness (QED) is 0.795. The fraction of sp³-hybridized carbons (Fsp3) is 0.529. The first kappa shape index (κ1) is 17.1. The van der Waals surface area contributed by atoms with Crippen LogP contribution in [0.3, 0.4) is 0 Å². The molecule has 1 aromatic rings. The van der Waals surface area contributed by atoms with E-state index in [0.717, 1.165) is 24.9 Å². The SMILES string of the molecule is CC(C)(C)OC(=O)NC1CCC(Nc2cccc(C(N)=O)c2)C1. The predicted molar refractivity (Wildman–Crippen MR) is 89.4 cm³/mol. The minimum absolute atomic E-state index is 0.0988. The third-order valence-corrected chi connectivity index (χ3v) is 3.67. The van der Waals surface area contributed by atoms with Crippen LogP contribution >= 0.6 is 0 Å². The molecule has 0 saturated heterocycles. The lowest BCUT2D eigenvalue weighted by Gasteiger charge is -2.22. The van der Waals surface area contributed by atoms with E-state index in [1.54, 1.807) is 18.2 Å². The third kappa shape index (κ3) is 5.47. The van der Waals surface area contributed by atoms with Gasteiger partial charge in [0.1, 0.15) is 5.60 Å². The van der Waals surface area contributed by atoms with Gasteiger partial charge in [-0.25, -0.2) is 4.79 Å². The van der Waals surface area contributed by atoms with Crippen molar-refractivity contribution in [3.05, 3.63) is 29.8 Å². The van der Waals surface area contributed by atoms with Crippen LogP contribution in [0.15, 0.2) is 24.3 Å². The number of anilines is 1. The smallest absolute Gasteiger partial charge is 0.407 e. The zero-order chi connectivity index (χ0) is 17.0. The number of nitrogens with one attached hydrogen (secondary N) is 2. The Kier molecular flexibility index (Phi) is 5.13. The maximum Gasteiger partial charge on any atom is 0.407 e. The maximum absolute atomic E-state index is 11.8. The minimum atomic E-state index is -0.491. The van der Waals surface area contributed by atoms with Crippen LogP contribution in [0.1, 0.15) is 50.4 Å². The average molecular weight is 319 g/mol. The van der Waals surface area contributed by atoms with Gasteiger partial charge in [0.25, 0.3) is 0 Å². The Bertz CT molecular complexity index is 581. The van der Waals surface area contributed by atoms with Crippen molar-refractivity contribution < 1.29 is 14.3 Å². The summed E-state index contributed by atoms with van der Waals surface area (Å²) in [7, 11) is 0. The fourth-order valence-electron chi connectivity index (χ4n) is 2.72. The van der Waals surface area contributed by atoms with Gasteiger partial charge in [0, 0.05) is 23.3 Å². The van der Waals surface area contributed by atoms with Crippen LogP contribution in [-0.2, 0) is 4.74 Å². The summed E-state index contributed by atoms with van der Waals surface area (Å²) < 4.78 is 5.27. The molecule has 0 aliphatic heterocycles. The molecule has 126 valence electrons. The van der Waals surface area contributed by atoms with Gasteiger partial charge in [-0.2, -0.15) is 0 Å². The van der Waals surface area contributed by atoms with Gasteiger partial charge in [-0.3, -0.25) is 4.79 Å². The first-order chi connectivity index (χ1) is 10.7. The summed E-state index contributed by atoms with van der Waals surface area (Å²) in [4.78, 5) is 23.0. The van der Waals surface area contributed by atoms with Gasteiger partial charge in [0.15, 0.2) is 0 Å². The molecule has 1 aromatic carbocycles. The number of primary amides is 1. The average Bonchev–Trinajstić information content (AvgIpc) is 2.83. The molecule has 23 heavy (non-hydrogen) atoms. The topological polar surface area (TPSA) is 93.4 Å². The first-order valence-corrected chi connectivity index (χ1v) is 7.89. The van der Waals surface area contributed by atoms with Gasteiger partial charge < -0.3 is 21.1 Å². The monoisotopic (exact) mass is 319 g/mol. The molecule has 0 bridgehead atoms. The Morgan fingerprint density at radius 1 is 1.22 bits per heavy atom. The van der Waals surface area contributed by atoms with Gasteiger partial charge >= 0.3 is 6.09 Å². The predicted octanol–water partition coefficient (Wildman–Crippen LogP) is 2.64. The second kappa shape index (κ2) is 6.89. The highest BCUT2D eigenvalue weighted by atomic mass is 16.6. The lowest BCUT2D eigenvalue weighted by molar-refractivity contribution is 0.0505. The highest BCUT2D eigenvalue weighted by Crippen LogP contribution is 2.24. The molecule has 2 unspecified atom stereocenters. The van der Waals surface area contributed by atoms with Crippen LogP contribution in [0.4, 0.5) is 10.5 Å². The summed E-state index contributed by atoms with van der Waals surface area (Å²) >= 11 is 0. The van der Waals surface area contributed by atoms with Gasteiger partial charge in [0.05, 0.1) is 0 Å². The molecule has 1 aliphatic rings. The molecule has 2 atom stereocenters. The summed E-state index contributed by atoms with van der Waals surface area (Å²) in [6, 6.07) is 7.49. The van der Waals surface area contributed by atoms with Crippen molar-refractivity contribution in [3.63, 3.8) is 0 Å². The molecular weight excluding hydrogens is 294 g/mol. The number of hydrogen-bond donors (Lipinski definition) is 3. The Morgan fingerprint density at radius 3 is 2.57 bits per heavy atom. The van der Waals surface area contributed by atoms with Crippen molar-refractivity contribution >= 4 is 17.7 Å². The van der Waals surface area contributed by atoms with Crippen molar-refractivity contribution in [2.75, 3.05) is 5.32 Å². The van der Waals surface area contributed by atoms with Gasteiger partial charge in [-0.15, -0.1) is 0 Å². The standard InChI is InChI=1S/C17H25N3O3/c1-17(2,3)23-16(22)20-14-8-7-13(10-14)19-12-6-4-5-11(9-12)15(18)21/h4-6,9,13-14,19H,7-8,10H2,1-3H3,(H2,18,21)(H,20,22). The van der Waals surface area contributed by atoms with E-state index in [1.165, 1.54) is 0 Å². The molecule has 0 spiro atoms. The van der Waals surface area contributed by atoms with Crippen molar-refractivity contribution in [3.8, 4) is 0 Å². The number of nitrogens with two attached hydrogens (primary N) is 1.